The second kappa shape index (κ2) is 10.8. The van der Waals surface area contributed by atoms with E-state index in [2.05, 4.69) is 0 Å². The maximum absolute atomic E-state index is 15.1. The van der Waals surface area contributed by atoms with Crippen LogP contribution in [0.3, 0.4) is 0 Å². The van der Waals surface area contributed by atoms with Crippen molar-refractivity contribution < 1.29 is 67.4 Å². The zero-order valence-electron chi connectivity index (χ0n) is 26.4. The molecule has 2 aliphatic heterocycles. The highest BCUT2D eigenvalue weighted by Crippen LogP contribution is 2.79. The van der Waals surface area contributed by atoms with Crippen molar-refractivity contribution in [1.29, 1.82) is 0 Å². The Balaban J connectivity index is 1.34. The van der Waals surface area contributed by atoms with Crippen molar-refractivity contribution in [2.75, 3.05) is 19.8 Å². The highest BCUT2D eigenvalue weighted by atomic mass is 16.6. The molecule has 0 radical (unpaired) electrons. The monoisotopic (exact) mass is 660 g/mol. The average Bonchev–Trinajstić information content (AvgIpc) is 3.33. The minimum Gasteiger partial charge on any atom is -0.481 e. The lowest BCUT2D eigenvalue weighted by Crippen LogP contribution is -2.79. The molecule has 2 bridgehead atoms. The fraction of sp³-hybridized carbons (Fsp3) is 0.727. The van der Waals surface area contributed by atoms with E-state index in [1.54, 1.807) is 6.26 Å². The molecule has 3 N–H and O–H groups in total. The van der Waals surface area contributed by atoms with Crippen LogP contribution < -0.4 is 0 Å². The first-order valence-electron chi connectivity index (χ1n) is 16.1. The summed E-state index contributed by atoms with van der Waals surface area (Å²) >= 11 is 0. The van der Waals surface area contributed by atoms with Gasteiger partial charge in [-0.1, -0.05) is 6.92 Å². The van der Waals surface area contributed by atoms with Crippen LogP contribution in [0.15, 0.2) is 23.0 Å². The fourth-order valence-electron chi connectivity index (χ4n) is 10.9. The van der Waals surface area contributed by atoms with Crippen molar-refractivity contribution in [3.8, 4) is 0 Å². The first-order valence-corrected chi connectivity index (χ1v) is 16.1. The normalized spacial score (nSPS) is 45.8. The fourth-order valence-corrected chi connectivity index (χ4v) is 10.9. The Morgan fingerprint density at radius 1 is 1.02 bits per heavy atom. The van der Waals surface area contributed by atoms with Gasteiger partial charge in [-0.15, -0.1) is 0 Å². The molecule has 2 saturated heterocycles. The largest absolute Gasteiger partial charge is 0.481 e. The third-order valence-corrected chi connectivity index (χ3v) is 12.6. The smallest absolute Gasteiger partial charge is 0.306 e. The third kappa shape index (κ3) is 4.26. The lowest BCUT2D eigenvalue weighted by Gasteiger charge is -2.69. The molecule has 1 spiro atoms. The molecule has 47 heavy (non-hydrogen) atoms. The predicted molar refractivity (Wildman–Crippen MR) is 153 cm³/mol. The van der Waals surface area contributed by atoms with E-state index < -0.39 is 107 Å². The minimum absolute atomic E-state index is 0.0435. The first kappa shape index (κ1) is 32.2. The number of fused-ring (bicyclic) bond motifs is 1. The Bertz CT molecular complexity index is 1490. The molecule has 256 valence electrons. The number of rotatable bonds is 8. The van der Waals surface area contributed by atoms with Gasteiger partial charge >= 0.3 is 23.9 Å². The standard InChI is InChI=1S/C33H40O14/c1-15(34)45-22-10-21(37)32-14-43-12-31(22,13-44-25(40)5-4-24(38)39)20(32)9-19(36)26-27(32)28(41)29(46-16(2)35)30(3)18(17-6-7-42-11-17)8-23-33(26,30)47-23/h6-7,11,18-23,26-27,29,36-37H,4-5,8-10,12-14H2,1-3H3,(H,38,39)/t18-,19+,20-,21-,22+,23+,26+,27+,29-,30+,31-,32+,33-/m0/s1. The van der Waals surface area contributed by atoms with Crippen LogP contribution in [-0.2, 0) is 47.7 Å². The van der Waals surface area contributed by atoms with E-state index in [0.29, 0.717) is 6.42 Å². The number of carboxylic acid groups (broad SMARTS) is 1. The minimum atomic E-state index is -1.36. The molecular weight excluding hydrogens is 620 g/mol. The van der Waals surface area contributed by atoms with E-state index in [1.807, 2.05) is 13.0 Å². The second-order valence-corrected chi connectivity index (χ2v) is 14.5. The molecule has 1 aromatic heterocycles. The molecule has 14 nitrogen and oxygen atoms in total. The second-order valence-electron chi connectivity index (χ2n) is 14.5. The van der Waals surface area contributed by atoms with Crippen LogP contribution in [0.25, 0.3) is 0 Å². The maximum Gasteiger partial charge on any atom is 0.306 e. The number of esters is 3. The van der Waals surface area contributed by atoms with E-state index in [4.69, 9.17) is 33.2 Å². The van der Waals surface area contributed by atoms with Crippen molar-refractivity contribution in [2.24, 2.45) is 34.0 Å². The van der Waals surface area contributed by atoms with Gasteiger partial charge in [-0.25, -0.2) is 0 Å². The summed E-state index contributed by atoms with van der Waals surface area (Å²) in [5.74, 6) is -6.69. The van der Waals surface area contributed by atoms with Gasteiger partial charge in [0.15, 0.2) is 11.9 Å². The van der Waals surface area contributed by atoms with Gasteiger partial charge < -0.3 is 43.4 Å². The van der Waals surface area contributed by atoms with Crippen molar-refractivity contribution in [3.05, 3.63) is 24.2 Å². The first-order chi connectivity index (χ1) is 22.2. The SMILES string of the molecule is CC(=O)O[C@@H]1C[C@H](O)[C@@]23COC[C@]1(COC(=O)CCC(=O)O)[C@@H]2C[C@@H](O)[C@@H]1[C@@H]3C(=O)[C@H](OC(C)=O)[C@@]2(C)[C@H](c3ccoc3)C[C@H]3O[C@]132. The van der Waals surface area contributed by atoms with Crippen LogP contribution >= 0.6 is 0 Å². The summed E-state index contributed by atoms with van der Waals surface area (Å²) in [6.45, 7) is 3.78. The molecule has 7 rings (SSSR count). The zero-order valence-corrected chi connectivity index (χ0v) is 26.4. The summed E-state index contributed by atoms with van der Waals surface area (Å²) in [6.07, 6.45) is -2.35. The van der Waals surface area contributed by atoms with E-state index in [0.717, 1.165) is 5.56 Å². The van der Waals surface area contributed by atoms with Crippen LogP contribution in [-0.4, -0.2) is 101 Å². The number of aliphatic hydroxyl groups is 2. The van der Waals surface area contributed by atoms with E-state index in [1.165, 1.54) is 20.1 Å². The van der Waals surface area contributed by atoms with Gasteiger partial charge in [0, 0.05) is 43.4 Å². The molecule has 4 saturated carbocycles. The summed E-state index contributed by atoms with van der Waals surface area (Å²) < 4.78 is 35.3. The molecule has 0 amide bonds. The molecule has 6 aliphatic rings. The number of carbonyl (C=O) groups excluding carboxylic acids is 4. The highest BCUT2D eigenvalue weighted by molar-refractivity contribution is 5.92. The van der Waals surface area contributed by atoms with Gasteiger partial charge in [-0.2, -0.15) is 0 Å². The van der Waals surface area contributed by atoms with Crippen LogP contribution in [0.4, 0.5) is 0 Å². The van der Waals surface area contributed by atoms with Gasteiger partial charge in [0.2, 0.25) is 0 Å². The topological polar surface area (TPSA) is 209 Å². The van der Waals surface area contributed by atoms with E-state index in [9.17, 15) is 29.4 Å². The van der Waals surface area contributed by atoms with Crippen LogP contribution in [0.5, 0.6) is 0 Å². The van der Waals surface area contributed by atoms with E-state index >= 15 is 4.79 Å². The third-order valence-electron chi connectivity index (χ3n) is 12.6. The number of Topliss-reactive ketones (excluding diaryl/α,β-unsaturated/α-hetero) is 1. The van der Waals surface area contributed by atoms with Gasteiger partial charge in [-0.05, 0) is 30.4 Å². The molecule has 13 atom stereocenters. The van der Waals surface area contributed by atoms with Gasteiger partial charge in [0.05, 0.1) is 67.7 Å². The number of carboxylic acids is 1. The van der Waals surface area contributed by atoms with Gasteiger partial charge in [0.25, 0.3) is 0 Å². The Morgan fingerprint density at radius 3 is 2.43 bits per heavy atom. The summed E-state index contributed by atoms with van der Waals surface area (Å²) in [7, 11) is 0. The summed E-state index contributed by atoms with van der Waals surface area (Å²) in [6, 6.07) is 1.81. The van der Waals surface area contributed by atoms with Crippen LogP contribution in [0, 0.1) is 34.0 Å². The number of epoxide rings is 1. The zero-order chi connectivity index (χ0) is 33.7. The number of aliphatic hydroxyl groups excluding tert-OH is 2. The van der Waals surface area contributed by atoms with Crippen LogP contribution in [0.1, 0.15) is 64.4 Å². The molecule has 1 aromatic rings. The van der Waals surface area contributed by atoms with E-state index in [-0.39, 0.29) is 44.7 Å². The van der Waals surface area contributed by atoms with Crippen molar-refractivity contribution in [1.82, 2.24) is 0 Å². The Kier molecular flexibility index (Phi) is 7.43. The maximum atomic E-state index is 15.1. The number of hydrogen-bond acceptors (Lipinski definition) is 13. The highest BCUT2D eigenvalue weighted by Gasteiger charge is 2.88. The number of aliphatic carboxylic acids is 1. The summed E-state index contributed by atoms with van der Waals surface area (Å²) in [5.41, 5.74) is -3.99. The predicted octanol–water partition coefficient (Wildman–Crippen LogP) is 1.15. The van der Waals surface area contributed by atoms with Gasteiger partial charge in [0.1, 0.15) is 18.3 Å². The molecule has 0 aromatic carbocycles. The summed E-state index contributed by atoms with van der Waals surface area (Å²) in [5, 5.41) is 33.3. The molecule has 4 aliphatic carbocycles. The molecule has 0 unspecified atom stereocenters. The number of hydrogen-bond donors (Lipinski definition) is 3. The van der Waals surface area contributed by atoms with Gasteiger partial charge in [-0.3, -0.25) is 24.0 Å². The average molecular weight is 661 g/mol. The Labute approximate surface area is 270 Å². The molecular formula is C33H40O14. The van der Waals surface area contributed by atoms with Crippen molar-refractivity contribution in [2.45, 2.75) is 94.9 Å². The van der Waals surface area contributed by atoms with Crippen molar-refractivity contribution >= 4 is 29.7 Å². The van der Waals surface area contributed by atoms with Crippen molar-refractivity contribution in [3.63, 3.8) is 0 Å². The lowest BCUT2D eigenvalue weighted by molar-refractivity contribution is -0.319. The number of ether oxygens (including phenoxy) is 5. The number of furan rings is 1. The molecule has 3 heterocycles. The molecule has 6 fully saturated rings. The Morgan fingerprint density at radius 2 is 1.77 bits per heavy atom. The molecule has 14 heteroatoms. The summed E-state index contributed by atoms with van der Waals surface area (Å²) in [4.78, 5) is 63.8. The van der Waals surface area contributed by atoms with Crippen LogP contribution in [0.2, 0.25) is 0 Å². The lowest BCUT2D eigenvalue weighted by atomic mass is 9.37. The quantitative estimate of drug-likeness (QED) is 0.203. The number of carbonyl (C=O) groups is 5. The number of ketones is 1. The Hall–Kier alpha value is -3.33.